The minimum absolute atomic E-state index is 0.0719. The van der Waals surface area contributed by atoms with Gasteiger partial charge in [0.25, 0.3) is 0 Å². The molecule has 1 atom stereocenters. The molecule has 0 spiro atoms. The van der Waals surface area contributed by atoms with Crippen LogP contribution < -0.4 is 10.6 Å². The van der Waals surface area contributed by atoms with E-state index in [1.807, 2.05) is 20.8 Å². The summed E-state index contributed by atoms with van der Waals surface area (Å²) in [5.74, 6) is -0.923. The fourth-order valence-electron chi connectivity index (χ4n) is 0.913. The lowest BCUT2D eigenvalue weighted by molar-refractivity contribution is -0.137. The molecule has 0 aliphatic heterocycles. The third kappa shape index (κ3) is 7.39. The first-order valence-corrected chi connectivity index (χ1v) is 4.51. The van der Waals surface area contributed by atoms with E-state index in [1.165, 1.54) is 0 Å². The maximum atomic E-state index is 11.2. The van der Waals surface area contributed by atoms with Crippen LogP contribution in [0.3, 0.4) is 0 Å². The molecule has 82 valence electrons. The van der Waals surface area contributed by atoms with Gasteiger partial charge in [-0.1, -0.05) is 0 Å². The molecule has 5 heteroatoms. The monoisotopic (exact) mass is 202 g/mol. The van der Waals surface area contributed by atoms with E-state index in [9.17, 15) is 9.59 Å². The van der Waals surface area contributed by atoms with Crippen molar-refractivity contribution in [3.8, 4) is 0 Å². The fourth-order valence-corrected chi connectivity index (χ4v) is 0.913. The Kier molecular flexibility index (Phi) is 4.40. The van der Waals surface area contributed by atoms with Crippen LogP contribution in [0.2, 0.25) is 0 Å². The molecule has 1 unspecified atom stereocenters. The second kappa shape index (κ2) is 4.83. The normalized spacial score (nSPS) is 13.1. The Hall–Kier alpha value is -1.26. The van der Waals surface area contributed by atoms with Gasteiger partial charge < -0.3 is 15.7 Å². The van der Waals surface area contributed by atoms with Crippen LogP contribution in [0.1, 0.15) is 34.1 Å². The molecule has 5 nitrogen and oxygen atoms in total. The summed E-state index contributed by atoms with van der Waals surface area (Å²) < 4.78 is 0. The average molecular weight is 202 g/mol. The molecule has 0 fully saturated rings. The summed E-state index contributed by atoms with van der Waals surface area (Å²) in [6.07, 6.45) is -0.0719. The summed E-state index contributed by atoms with van der Waals surface area (Å²) in [6.45, 7) is 7.22. The summed E-state index contributed by atoms with van der Waals surface area (Å²) in [4.78, 5) is 21.5. The van der Waals surface area contributed by atoms with Gasteiger partial charge in [-0.2, -0.15) is 0 Å². The molecule has 14 heavy (non-hydrogen) atoms. The number of urea groups is 1. The van der Waals surface area contributed by atoms with Crippen LogP contribution in [-0.4, -0.2) is 28.7 Å². The first kappa shape index (κ1) is 12.7. The predicted octanol–water partition coefficient (Wildman–Crippen LogP) is 0.947. The maximum Gasteiger partial charge on any atom is 0.315 e. The molecule has 0 saturated carbocycles. The van der Waals surface area contributed by atoms with Gasteiger partial charge in [0.05, 0.1) is 6.42 Å². The van der Waals surface area contributed by atoms with Crippen LogP contribution >= 0.6 is 0 Å². The lowest BCUT2D eigenvalue weighted by atomic mass is 10.1. The van der Waals surface area contributed by atoms with Crippen LogP contribution in [-0.2, 0) is 4.79 Å². The number of hydrogen-bond acceptors (Lipinski definition) is 2. The van der Waals surface area contributed by atoms with E-state index in [2.05, 4.69) is 10.6 Å². The van der Waals surface area contributed by atoms with Crippen molar-refractivity contribution in [2.45, 2.75) is 45.7 Å². The van der Waals surface area contributed by atoms with Crippen molar-refractivity contribution in [2.75, 3.05) is 0 Å². The summed E-state index contributed by atoms with van der Waals surface area (Å²) in [5, 5.41) is 13.7. The molecule has 0 aromatic carbocycles. The van der Waals surface area contributed by atoms with Gasteiger partial charge in [-0.25, -0.2) is 4.79 Å². The van der Waals surface area contributed by atoms with E-state index in [4.69, 9.17) is 5.11 Å². The summed E-state index contributed by atoms with van der Waals surface area (Å²) >= 11 is 0. The zero-order valence-corrected chi connectivity index (χ0v) is 9.05. The largest absolute Gasteiger partial charge is 0.481 e. The highest BCUT2D eigenvalue weighted by Crippen LogP contribution is 1.98. The van der Waals surface area contributed by atoms with Crippen LogP contribution in [0, 0.1) is 0 Å². The molecule has 0 radical (unpaired) electrons. The van der Waals surface area contributed by atoms with E-state index < -0.39 is 5.97 Å². The van der Waals surface area contributed by atoms with Crippen molar-refractivity contribution in [3.05, 3.63) is 0 Å². The highest BCUT2D eigenvalue weighted by atomic mass is 16.4. The number of carbonyl (C=O) groups excluding carboxylic acids is 1. The molecule has 0 bridgehead atoms. The number of carbonyl (C=O) groups is 2. The van der Waals surface area contributed by atoms with E-state index in [-0.39, 0.29) is 24.0 Å². The number of carboxylic acid groups (broad SMARTS) is 1. The average Bonchev–Trinajstić information content (AvgIpc) is 1.77. The number of hydrogen-bond donors (Lipinski definition) is 3. The Balaban J connectivity index is 3.89. The van der Waals surface area contributed by atoms with Crippen molar-refractivity contribution < 1.29 is 14.7 Å². The molecule has 3 N–H and O–H groups in total. The molecule has 0 rings (SSSR count). The maximum absolute atomic E-state index is 11.2. The quantitative estimate of drug-likeness (QED) is 0.637. The Bertz CT molecular complexity index is 221. The highest BCUT2D eigenvalue weighted by molar-refractivity contribution is 5.76. The number of carboxylic acids is 1. The lowest BCUT2D eigenvalue weighted by Gasteiger charge is -2.22. The first-order chi connectivity index (χ1) is 6.20. The third-order valence-corrected chi connectivity index (χ3v) is 1.35. The van der Waals surface area contributed by atoms with Crippen molar-refractivity contribution in [2.24, 2.45) is 0 Å². The molecule has 0 aliphatic carbocycles. The zero-order chi connectivity index (χ0) is 11.4. The number of aliphatic carboxylic acids is 1. The fraction of sp³-hybridized carbons (Fsp3) is 0.778. The van der Waals surface area contributed by atoms with Gasteiger partial charge in [-0.3, -0.25) is 4.79 Å². The minimum Gasteiger partial charge on any atom is -0.481 e. The summed E-state index contributed by atoms with van der Waals surface area (Å²) in [6, 6.07) is -0.707. The van der Waals surface area contributed by atoms with Gasteiger partial charge in [0.15, 0.2) is 0 Å². The van der Waals surface area contributed by atoms with E-state index in [1.54, 1.807) is 6.92 Å². The second-order valence-corrected chi connectivity index (χ2v) is 4.35. The number of nitrogens with one attached hydrogen (secondary N) is 2. The Morgan fingerprint density at radius 1 is 1.36 bits per heavy atom. The first-order valence-electron chi connectivity index (χ1n) is 4.51. The van der Waals surface area contributed by atoms with Gasteiger partial charge in [-0.15, -0.1) is 0 Å². The number of rotatable bonds is 3. The molecule has 0 saturated heterocycles. The van der Waals surface area contributed by atoms with Crippen LogP contribution in [0.5, 0.6) is 0 Å². The van der Waals surface area contributed by atoms with Gasteiger partial charge in [0.2, 0.25) is 0 Å². The predicted molar refractivity (Wildman–Crippen MR) is 53.1 cm³/mol. The van der Waals surface area contributed by atoms with Gasteiger partial charge in [0, 0.05) is 11.6 Å². The standard InChI is InChI=1S/C9H18N2O3/c1-6(5-7(12)13)10-8(14)11-9(2,3)4/h6H,5H2,1-4H3,(H,12,13)(H2,10,11,14). The summed E-state index contributed by atoms with van der Waals surface area (Å²) in [5.41, 5.74) is -0.312. The van der Waals surface area contributed by atoms with Crippen molar-refractivity contribution in [1.82, 2.24) is 10.6 Å². The zero-order valence-electron chi connectivity index (χ0n) is 9.05. The van der Waals surface area contributed by atoms with Crippen LogP contribution in [0.25, 0.3) is 0 Å². The lowest BCUT2D eigenvalue weighted by Crippen LogP contribution is -2.49. The van der Waals surface area contributed by atoms with Gasteiger partial charge >= 0.3 is 12.0 Å². The third-order valence-electron chi connectivity index (χ3n) is 1.35. The van der Waals surface area contributed by atoms with Gasteiger partial charge in [0.1, 0.15) is 0 Å². The molecular formula is C9H18N2O3. The SMILES string of the molecule is CC(CC(=O)O)NC(=O)NC(C)(C)C. The van der Waals surface area contributed by atoms with Crippen molar-refractivity contribution in [3.63, 3.8) is 0 Å². The Morgan fingerprint density at radius 2 is 1.86 bits per heavy atom. The van der Waals surface area contributed by atoms with E-state index in [0.717, 1.165) is 0 Å². The van der Waals surface area contributed by atoms with E-state index >= 15 is 0 Å². The van der Waals surface area contributed by atoms with Gasteiger partial charge in [-0.05, 0) is 27.7 Å². The number of amides is 2. The Morgan fingerprint density at radius 3 is 2.21 bits per heavy atom. The topological polar surface area (TPSA) is 78.4 Å². The second-order valence-electron chi connectivity index (χ2n) is 4.35. The molecule has 0 aliphatic rings. The van der Waals surface area contributed by atoms with Crippen molar-refractivity contribution >= 4 is 12.0 Å². The van der Waals surface area contributed by atoms with E-state index in [0.29, 0.717) is 0 Å². The highest BCUT2D eigenvalue weighted by Gasteiger charge is 2.16. The molecule has 2 amide bonds. The molecule has 0 aromatic heterocycles. The Labute approximate surface area is 83.9 Å². The molecule has 0 aromatic rings. The molecule has 0 heterocycles. The minimum atomic E-state index is -0.923. The van der Waals surface area contributed by atoms with Crippen LogP contribution in [0.15, 0.2) is 0 Å². The molecular weight excluding hydrogens is 184 g/mol. The summed E-state index contributed by atoms with van der Waals surface area (Å²) in [7, 11) is 0. The smallest absolute Gasteiger partial charge is 0.315 e. The van der Waals surface area contributed by atoms with Crippen molar-refractivity contribution in [1.29, 1.82) is 0 Å². The van der Waals surface area contributed by atoms with Crippen LogP contribution in [0.4, 0.5) is 4.79 Å².